The number of piperidine rings is 2. The van der Waals surface area contributed by atoms with E-state index in [-0.39, 0.29) is 41.7 Å². The Labute approximate surface area is 345 Å². The second-order valence-corrected chi connectivity index (χ2v) is 18.1. The molecule has 2 N–H and O–H groups in total. The molecule has 1 aliphatic carbocycles. The van der Waals surface area contributed by atoms with Gasteiger partial charge in [-0.15, -0.1) is 0 Å². The average molecular weight is 800 g/mol. The van der Waals surface area contributed by atoms with E-state index in [9.17, 15) is 29.2 Å². The molecule has 3 aromatic rings. The molecule has 8 rings (SSSR count). The van der Waals surface area contributed by atoms with Gasteiger partial charge in [0.05, 0.1) is 22.8 Å². The summed E-state index contributed by atoms with van der Waals surface area (Å²) in [4.78, 5) is 72.3. The number of nitriles is 1. The van der Waals surface area contributed by atoms with Crippen LogP contribution in [0.1, 0.15) is 95.6 Å². The first-order valence-corrected chi connectivity index (χ1v) is 20.8. The van der Waals surface area contributed by atoms with E-state index in [0.29, 0.717) is 28.2 Å². The molecule has 308 valence electrons. The zero-order valence-corrected chi connectivity index (χ0v) is 34.5. The minimum absolute atomic E-state index is 0.0923. The van der Waals surface area contributed by atoms with E-state index in [2.05, 4.69) is 71.2 Å². The molecule has 0 aromatic heterocycles. The number of rotatable bonds is 9. The molecule has 1 unspecified atom stereocenters. The Hall–Kier alpha value is -5.74. The van der Waals surface area contributed by atoms with Gasteiger partial charge in [0.2, 0.25) is 11.8 Å². The lowest BCUT2D eigenvalue weighted by Crippen LogP contribution is -2.74. The van der Waals surface area contributed by atoms with Crippen LogP contribution in [-0.4, -0.2) is 103 Å². The lowest BCUT2D eigenvalue weighted by atomic mass is 9.49. The molecule has 13 nitrogen and oxygen atoms in total. The number of fused-ring (bicyclic) bond motifs is 1. The van der Waals surface area contributed by atoms with Gasteiger partial charge in [-0.1, -0.05) is 27.7 Å². The number of benzene rings is 3. The van der Waals surface area contributed by atoms with Crippen molar-refractivity contribution in [1.29, 1.82) is 5.26 Å². The van der Waals surface area contributed by atoms with Crippen molar-refractivity contribution in [3.8, 4) is 11.8 Å². The Bertz CT molecular complexity index is 2210. The van der Waals surface area contributed by atoms with Crippen LogP contribution in [0.25, 0.3) is 0 Å². The number of nitrogens with zero attached hydrogens (tertiary/aromatic N) is 5. The Morgan fingerprint density at radius 1 is 0.814 bits per heavy atom. The van der Waals surface area contributed by atoms with Gasteiger partial charge in [-0.05, 0) is 98.3 Å². The summed E-state index contributed by atoms with van der Waals surface area (Å²) >= 11 is 0. The van der Waals surface area contributed by atoms with E-state index >= 15 is 0 Å². The number of carbonyl (C=O) groups excluding carboxylic acids is 5. The van der Waals surface area contributed by atoms with Crippen molar-refractivity contribution in [3.05, 3.63) is 88.5 Å². The third-order valence-corrected chi connectivity index (χ3v) is 13.5. The van der Waals surface area contributed by atoms with Crippen molar-refractivity contribution >= 4 is 40.9 Å². The lowest BCUT2D eigenvalue weighted by Gasteiger charge is -2.63. The number of hydrogen-bond acceptors (Lipinski definition) is 10. The summed E-state index contributed by atoms with van der Waals surface area (Å²) in [5, 5.41) is 14.9. The highest BCUT2D eigenvalue weighted by molar-refractivity contribution is 6.23. The third-order valence-electron chi connectivity index (χ3n) is 13.5. The summed E-state index contributed by atoms with van der Waals surface area (Å²) < 4.78 is 6.47. The molecule has 4 heterocycles. The fraction of sp³-hybridized carbons (Fsp3) is 0.478. The Morgan fingerprint density at radius 3 is 2.10 bits per heavy atom. The molecule has 4 fully saturated rings. The second kappa shape index (κ2) is 15.5. The van der Waals surface area contributed by atoms with Gasteiger partial charge in [0.25, 0.3) is 17.7 Å². The first-order valence-electron chi connectivity index (χ1n) is 20.8. The number of aryl methyl sites for hydroxylation is 1. The normalized spacial score (nSPS) is 24.3. The highest BCUT2D eigenvalue weighted by atomic mass is 16.5. The summed E-state index contributed by atoms with van der Waals surface area (Å²) in [5.74, 6) is -0.742. The largest absolute Gasteiger partial charge is 0.489 e. The molecule has 59 heavy (non-hydrogen) atoms. The molecule has 0 radical (unpaired) electrons. The quantitative estimate of drug-likeness (QED) is 0.285. The van der Waals surface area contributed by atoms with Crippen LogP contribution in [0.15, 0.2) is 60.7 Å². The van der Waals surface area contributed by atoms with E-state index in [1.165, 1.54) is 0 Å². The molecule has 0 spiro atoms. The van der Waals surface area contributed by atoms with Crippen molar-refractivity contribution in [1.82, 2.24) is 20.4 Å². The molecule has 5 aliphatic rings. The summed E-state index contributed by atoms with van der Waals surface area (Å²) in [5.41, 5.74) is 4.14. The highest BCUT2D eigenvalue weighted by Gasteiger charge is 2.64. The van der Waals surface area contributed by atoms with Gasteiger partial charge in [-0.25, -0.2) is 0 Å². The smallest absolute Gasteiger partial charge is 0.262 e. The molecule has 1 atom stereocenters. The van der Waals surface area contributed by atoms with Crippen LogP contribution in [0.2, 0.25) is 0 Å². The standard InChI is InChI=1S/C46H53N7O6/c1-28-24-34(12-8-31(28)26-47)59-44-45(2,3)43(46(44,4)5)49-39(55)30-6-9-32(10-7-30)51-18-16-29(17-19-51)27-50-20-22-52(23-21-50)33-11-13-35-36(25-33)42(58)53(41(35)57)37-14-15-38(54)48-40(37)56/h6-13,24-25,29,37,43-44H,14-23,27H2,1-5H3,(H,49,55)(H,48,54,56)/t37?,43-,44-. The van der Waals surface area contributed by atoms with Gasteiger partial charge in [-0.2, -0.15) is 5.26 Å². The predicted molar refractivity (Wildman–Crippen MR) is 222 cm³/mol. The molecule has 3 aromatic carbocycles. The lowest BCUT2D eigenvalue weighted by molar-refractivity contribution is -0.164. The van der Waals surface area contributed by atoms with Crippen LogP contribution in [0.4, 0.5) is 11.4 Å². The number of hydrogen-bond donors (Lipinski definition) is 2. The van der Waals surface area contributed by atoms with Gasteiger partial charge < -0.3 is 19.9 Å². The zero-order chi connectivity index (χ0) is 41.8. The third kappa shape index (κ3) is 7.43. The number of carbonyl (C=O) groups is 5. The van der Waals surface area contributed by atoms with E-state index in [0.717, 1.165) is 86.2 Å². The average Bonchev–Trinajstić information content (AvgIpc) is 3.47. The minimum atomic E-state index is -0.972. The molecule has 3 saturated heterocycles. The number of anilines is 2. The summed E-state index contributed by atoms with van der Waals surface area (Å²) in [6.45, 7) is 16.8. The summed E-state index contributed by atoms with van der Waals surface area (Å²) in [6.07, 6.45) is 2.28. The highest BCUT2D eigenvalue weighted by Crippen LogP contribution is 2.55. The van der Waals surface area contributed by atoms with Gasteiger partial charge >= 0.3 is 0 Å². The Morgan fingerprint density at radius 2 is 1.46 bits per heavy atom. The van der Waals surface area contributed by atoms with E-state index in [4.69, 9.17) is 4.74 Å². The van der Waals surface area contributed by atoms with Crippen LogP contribution in [0.3, 0.4) is 0 Å². The molecule has 13 heteroatoms. The number of nitrogens with one attached hydrogen (secondary N) is 2. The molecular formula is C46H53N7O6. The molecule has 5 amide bonds. The van der Waals surface area contributed by atoms with Gasteiger partial charge in [0, 0.05) is 86.0 Å². The number of ether oxygens (including phenoxy) is 1. The zero-order valence-electron chi connectivity index (χ0n) is 34.5. The number of piperazine rings is 1. The first kappa shape index (κ1) is 40.1. The first-order chi connectivity index (χ1) is 28.1. The maximum Gasteiger partial charge on any atom is 0.262 e. The molecule has 0 bridgehead atoms. The second-order valence-electron chi connectivity index (χ2n) is 18.1. The van der Waals surface area contributed by atoms with Crippen molar-refractivity contribution in [2.24, 2.45) is 16.7 Å². The Kier molecular flexibility index (Phi) is 10.5. The number of imide groups is 2. The van der Waals surface area contributed by atoms with Crippen molar-refractivity contribution < 1.29 is 28.7 Å². The predicted octanol–water partition coefficient (Wildman–Crippen LogP) is 4.92. The minimum Gasteiger partial charge on any atom is -0.489 e. The summed E-state index contributed by atoms with van der Waals surface area (Å²) in [6, 6.07) is 20.0. The van der Waals surface area contributed by atoms with Crippen molar-refractivity contribution in [3.63, 3.8) is 0 Å². The maximum atomic E-state index is 13.5. The maximum absolute atomic E-state index is 13.5. The number of amides is 5. The van der Waals surface area contributed by atoms with Crippen LogP contribution < -0.4 is 25.2 Å². The van der Waals surface area contributed by atoms with Gasteiger partial charge in [0.1, 0.15) is 17.9 Å². The monoisotopic (exact) mass is 799 g/mol. The SMILES string of the molecule is Cc1cc(O[C@H]2C(C)(C)[C@H](NC(=O)c3ccc(N4CCC(CN5CCN(c6ccc7c(c6)C(=O)N(C6CCC(=O)NC6=O)C7=O)CC5)CC4)cc3)C2(C)C)ccc1C#N. The fourth-order valence-corrected chi connectivity index (χ4v) is 10.4. The van der Waals surface area contributed by atoms with E-state index < -0.39 is 29.7 Å². The van der Waals surface area contributed by atoms with Crippen molar-refractivity contribution in [2.45, 2.75) is 78.5 Å². The Balaban J connectivity index is 0.789. The van der Waals surface area contributed by atoms with Crippen LogP contribution >= 0.6 is 0 Å². The van der Waals surface area contributed by atoms with Crippen LogP contribution in [0.5, 0.6) is 5.75 Å². The van der Waals surface area contributed by atoms with Gasteiger partial charge in [0.15, 0.2) is 0 Å². The molecule has 4 aliphatic heterocycles. The molecule has 1 saturated carbocycles. The van der Waals surface area contributed by atoms with E-state index in [1.807, 2.05) is 37.3 Å². The van der Waals surface area contributed by atoms with Crippen molar-refractivity contribution in [2.75, 3.05) is 55.6 Å². The topological polar surface area (TPSA) is 155 Å². The molecular weight excluding hydrogens is 747 g/mol. The van der Waals surface area contributed by atoms with Crippen LogP contribution in [0, 0.1) is 35.0 Å². The summed E-state index contributed by atoms with van der Waals surface area (Å²) in [7, 11) is 0. The fourth-order valence-electron chi connectivity index (χ4n) is 10.4. The van der Waals surface area contributed by atoms with Gasteiger partial charge in [-0.3, -0.25) is 39.1 Å². The van der Waals surface area contributed by atoms with E-state index in [1.54, 1.807) is 18.2 Å². The van der Waals surface area contributed by atoms with Crippen LogP contribution in [-0.2, 0) is 9.59 Å².